The van der Waals surface area contributed by atoms with Crippen molar-refractivity contribution < 1.29 is 18.8 Å². The number of hydrogen-bond acceptors (Lipinski definition) is 3. The molecule has 2 aliphatic rings. The minimum Gasteiger partial charge on any atom is -0.342 e. The molecule has 2 aromatic rings. The van der Waals surface area contributed by atoms with Gasteiger partial charge in [0.1, 0.15) is 5.82 Å². The van der Waals surface area contributed by atoms with Gasteiger partial charge in [-0.05, 0) is 48.6 Å². The topological polar surface area (TPSA) is 60.9 Å². The van der Waals surface area contributed by atoms with Gasteiger partial charge in [0, 0.05) is 51.8 Å². The van der Waals surface area contributed by atoms with Crippen LogP contribution in [0.15, 0.2) is 48.5 Å². The van der Waals surface area contributed by atoms with Crippen molar-refractivity contribution in [3.8, 4) is 0 Å². The van der Waals surface area contributed by atoms with Crippen LogP contribution in [-0.2, 0) is 27.3 Å². The Morgan fingerprint density at radius 3 is 2.39 bits per heavy atom. The molecular weight excluding hydrogens is 457 g/mol. The van der Waals surface area contributed by atoms with Gasteiger partial charge in [-0.2, -0.15) is 0 Å². The zero-order chi connectivity index (χ0) is 25.5. The second kappa shape index (κ2) is 12.2. The van der Waals surface area contributed by atoms with Gasteiger partial charge in [0.05, 0.1) is 5.92 Å². The molecule has 6 nitrogen and oxygen atoms in total. The highest BCUT2D eigenvalue weighted by Gasteiger charge is 2.36. The van der Waals surface area contributed by atoms with Gasteiger partial charge in [-0.25, -0.2) is 4.39 Å². The summed E-state index contributed by atoms with van der Waals surface area (Å²) in [5.74, 6) is -0.632. The van der Waals surface area contributed by atoms with E-state index in [1.54, 1.807) is 24.0 Å². The van der Waals surface area contributed by atoms with Crippen molar-refractivity contribution in [3.63, 3.8) is 0 Å². The molecule has 0 spiro atoms. The third-order valence-corrected chi connectivity index (χ3v) is 7.29. The predicted molar refractivity (Wildman–Crippen MR) is 138 cm³/mol. The minimum absolute atomic E-state index is 0.00651. The van der Waals surface area contributed by atoms with E-state index < -0.39 is 0 Å². The first-order valence-corrected chi connectivity index (χ1v) is 13.1. The third-order valence-electron chi connectivity index (χ3n) is 7.29. The van der Waals surface area contributed by atoms with Gasteiger partial charge in [0.15, 0.2) is 0 Å². The summed E-state index contributed by atoms with van der Waals surface area (Å²) in [6.07, 6.45) is 5.92. The predicted octanol–water partition coefficient (Wildman–Crippen LogP) is 4.56. The zero-order valence-corrected chi connectivity index (χ0v) is 21.1. The summed E-state index contributed by atoms with van der Waals surface area (Å²) >= 11 is 0. The Labute approximate surface area is 213 Å². The molecule has 0 N–H and O–H groups in total. The molecule has 36 heavy (non-hydrogen) atoms. The second-order valence-electron chi connectivity index (χ2n) is 9.94. The monoisotopic (exact) mass is 493 g/mol. The number of nitrogens with zero attached hydrogens (tertiary/aromatic N) is 3. The van der Waals surface area contributed by atoms with Crippen LogP contribution < -0.4 is 4.90 Å². The highest BCUT2D eigenvalue weighted by molar-refractivity contribution is 5.92. The number of carbonyl (C=O) groups excluding carboxylic acids is 3. The first-order valence-electron chi connectivity index (χ1n) is 13.1. The summed E-state index contributed by atoms with van der Waals surface area (Å²) in [6.45, 7) is 4.28. The van der Waals surface area contributed by atoms with Crippen molar-refractivity contribution in [2.75, 3.05) is 31.1 Å². The number of likely N-dealkylation sites (tertiary alicyclic amines) is 1. The highest BCUT2D eigenvalue weighted by atomic mass is 19.1. The van der Waals surface area contributed by atoms with Crippen molar-refractivity contribution in [3.05, 3.63) is 65.5 Å². The molecule has 0 saturated carbocycles. The number of benzene rings is 2. The number of amides is 3. The van der Waals surface area contributed by atoms with Crippen molar-refractivity contribution in [2.45, 2.75) is 58.4 Å². The molecule has 192 valence electrons. The normalized spacial score (nSPS) is 19.4. The van der Waals surface area contributed by atoms with E-state index in [-0.39, 0.29) is 35.9 Å². The maximum atomic E-state index is 13.7. The number of hydrogen-bond donors (Lipinski definition) is 0. The lowest BCUT2D eigenvalue weighted by Crippen LogP contribution is -2.39. The quantitative estimate of drug-likeness (QED) is 0.627. The molecule has 7 heteroatoms. The maximum absolute atomic E-state index is 13.7. The zero-order valence-electron chi connectivity index (χ0n) is 21.1. The van der Waals surface area contributed by atoms with Crippen LogP contribution in [0.2, 0.25) is 0 Å². The van der Waals surface area contributed by atoms with Gasteiger partial charge >= 0.3 is 0 Å². The number of halogens is 1. The number of anilines is 1. The van der Waals surface area contributed by atoms with Crippen LogP contribution in [-0.4, -0.2) is 53.7 Å². The smallest absolute Gasteiger partial charge is 0.228 e. The van der Waals surface area contributed by atoms with E-state index in [1.165, 1.54) is 12.1 Å². The van der Waals surface area contributed by atoms with Crippen LogP contribution in [0.5, 0.6) is 0 Å². The lowest BCUT2D eigenvalue weighted by atomic mass is 10.0. The third kappa shape index (κ3) is 6.50. The first kappa shape index (κ1) is 25.9. The van der Waals surface area contributed by atoms with Crippen molar-refractivity contribution in [1.82, 2.24) is 9.80 Å². The van der Waals surface area contributed by atoms with Crippen LogP contribution in [0.25, 0.3) is 0 Å². The molecule has 4 rings (SSSR count). The Kier molecular flexibility index (Phi) is 8.73. The SMILES string of the molecule is CC(=O)N1CCCCCCCN(C(=O)C2CC(=O)N(CCc3ccc(F)cc3)C2)Cc2ccccc21. The molecule has 0 bridgehead atoms. The average Bonchev–Trinajstić information content (AvgIpc) is 3.24. The van der Waals surface area contributed by atoms with E-state index >= 15 is 0 Å². The van der Waals surface area contributed by atoms with Gasteiger partial charge in [0.25, 0.3) is 0 Å². The van der Waals surface area contributed by atoms with Crippen LogP contribution in [0, 0.1) is 11.7 Å². The van der Waals surface area contributed by atoms with E-state index in [0.717, 1.165) is 48.9 Å². The lowest BCUT2D eigenvalue weighted by Gasteiger charge is -2.30. The van der Waals surface area contributed by atoms with Gasteiger partial charge in [-0.3, -0.25) is 14.4 Å². The van der Waals surface area contributed by atoms with Gasteiger partial charge in [0.2, 0.25) is 17.7 Å². The fourth-order valence-electron chi connectivity index (χ4n) is 5.26. The Bertz CT molecular complexity index is 1070. The highest BCUT2D eigenvalue weighted by Crippen LogP contribution is 2.27. The van der Waals surface area contributed by atoms with Crippen LogP contribution >= 0.6 is 0 Å². The van der Waals surface area contributed by atoms with Crippen molar-refractivity contribution in [1.29, 1.82) is 0 Å². The number of para-hydroxylation sites is 1. The Morgan fingerprint density at radius 2 is 1.64 bits per heavy atom. The average molecular weight is 494 g/mol. The maximum Gasteiger partial charge on any atom is 0.228 e. The van der Waals surface area contributed by atoms with E-state index in [4.69, 9.17) is 0 Å². The number of fused-ring (bicyclic) bond motifs is 1. The molecule has 3 amide bonds. The minimum atomic E-state index is -0.366. The first-order chi connectivity index (χ1) is 17.4. The molecule has 1 fully saturated rings. The summed E-state index contributed by atoms with van der Waals surface area (Å²) in [6, 6.07) is 14.1. The van der Waals surface area contributed by atoms with Crippen LogP contribution in [0.1, 0.15) is 56.6 Å². The van der Waals surface area contributed by atoms with Crippen molar-refractivity contribution >= 4 is 23.4 Å². The van der Waals surface area contributed by atoms with Gasteiger partial charge in [-0.1, -0.05) is 49.6 Å². The molecule has 0 radical (unpaired) electrons. The molecule has 0 aromatic heterocycles. The standard InChI is InChI=1S/C29H36FN3O3/c1-22(34)33-17-8-4-2-3-7-16-32(20-24-9-5-6-10-27(24)33)29(36)25-19-28(35)31(21-25)18-15-23-11-13-26(30)14-12-23/h5-6,9-14,25H,2-4,7-8,15-21H2,1H3. The fraction of sp³-hybridized carbons (Fsp3) is 0.483. The van der Waals surface area contributed by atoms with E-state index in [9.17, 15) is 18.8 Å². The molecule has 1 unspecified atom stereocenters. The molecule has 0 aliphatic carbocycles. The van der Waals surface area contributed by atoms with E-state index in [2.05, 4.69) is 0 Å². The van der Waals surface area contributed by atoms with E-state index in [1.807, 2.05) is 34.1 Å². The molecule has 1 saturated heterocycles. The van der Waals surface area contributed by atoms with Gasteiger partial charge in [-0.15, -0.1) is 0 Å². The summed E-state index contributed by atoms with van der Waals surface area (Å²) in [4.78, 5) is 44.3. The molecule has 1 atom stereocenters. The fourth-order valence-corrected chi connectivity index (χ4v) is 5.26. The molecule has 2 heterocycles. The summed E-state index contributed by atoms with van der Waals surface area (Å²) in [5.41, 5.74) is 2.79. The van der Waals surface area contributed by atoms with Crippen LogP contribution in [0.4, 0.5) is 10.1 Å². The molecule has 2 aromatic carbocycles. The molecule has 2 aliphatic heterocycles. The number of carbonyl (C=O) groups is 3. The Balaban J connectivity index is 1.47. The number of rotatable bonds is 4. The summed E-state index contributed by atoms with van der Waals surface area (Å²) < 4.78 is 13.2. The Morgan fingerprint density at radius 1 is 0.944 bits per heavy atom. The second-order valence-corrected chi connectivity index (χ2v) is 9.94. The largest absolute Gasteiger partial charge is 0.342 e. The summed E-state index contributed by atoms with van der Waals surface area (Å²) in [5, 5.41) is 0. The van der Waals surface area contributed by atoms with Gasteiger partial charge < -0.3 is 14.7 Å². The summed E-state index contributed by atoms with van der Waals surface area (Å²) in [7, 11) is 0. The van der Waals surface area contributed by atoms with E-state index in [0.29, 0.717) is 39.1 Å². The van der Waals surface area contributed by atoms with Crippen molar-refractivity contribution in [2.24, 2.45) is 5.92 Å². The Hall–Kier alpha value is -3.22. The van der Waals surface area contributed by atoms with Crippen LogP contribution in [0.3, 0.4) is 0 Å². The molecular formula is C29H36FN3O3. The lowest BCUT2D eigenvalue weighted by molar-refractivity contribution is -0.136.